The summed E-state index contributed by atoms with van der Waals surface area (Å²) in [5.74, 6) is 1.90. The number of aliphatic imine (C=N–C) groups is 1. The van der Waals surface area contributed by atoms with E-state index in [0.29, 0.717) is 13.1 Å². The highest BCUT2D eigenvalue weighted by atomic mass is 32.2. The van der Waals surface area contributed by atoms with Gasteiger partial charge in [0.25, 0.3) is 5.91 Å². The second-order valence-corrected chi connectivity index (χ2v) is 6.20. The SMILES string of the molecule is CCNC(=NCCCNC(=O)c1cccs1)NCCSC. The molecule has 0 aliphatic heterocycles. The van der Waals surface area contributed by atoms with Crippen molar-refractivity contribution in [2.45, 2.75) is 13.3 Å². The summed E-state index contributed by atoms with van der Waals surface area (Å²) in [4.78, 5) is 17.0. The van der Waals surface area contributed by atoms with Gasteiger partial charge in [-0.05, 0) is 31.0 Å². The second-order valence-electron chi connectivity index (χ2n) is 4.27. The van der Waals surface area contributed by atoms with Gasteiger partial charge in [-0.1, -0.05) is 6.07 Å². The molecule has 7 heteroatoms. The Morgan fingerprint density at radius 3 is 2.86 bits per heavy atom. The fraction of sp³-hybridized carbons (Fsp3) is 0.571. The molecule has 0 fully saturated rings. The summed E-state index contributed by atoms with van der Waals surface area (Å²) >= 11 is 3.26. The first-order valence-electron chi connectivity index (χ1n) is 7.10. The number of hydrogen-bond acceptors (Lipinski definition) is 4. The predicted octanol–water partition coefficient (Wildman–Crippen LogP) is 1.79. The van der Waals surface area contributed by atoms with Crippen molar-refractivity contribution in [1.29, 1.82) is 0 Å². The molecule has 0 bridgehead atoms. The average molecular weight is 329 g/mol. The molecule has 1 amide bonds. The lowest BCUT2D eigenvalue weighted by Crippen LogP contribution is -2.38. The van der Waals surface area contributed by atoms with E-state index in [-0.39, 0.29) is 5.91 Å². The van der Waals surface area contributed by atoms with Crippen molar-refractivity contribution < 1.29 is 4.79 Å². The number of guanidine groups is 1. The maximum atomic E-state index is 11.7. The summed E-state index contributed by atoms with van der Waals surface area (Å²) in [6, 6.07) is 3.71. The molecule has 0 atom stereocenters. The third kappa shape index (κ3) is 7.96. The number of amides is 1. The lowest BCUT2D eigenvalue weighted by Gasteiger charge is -2.10. The molecule has 3 N–H and O–H groups in total. The highest BCUT2D eigenvalue weighted by Crippen LogP contribution is 2.07. The van der Waals surface area contributed by atoms with Crippen molar-refractivity contribution in [3.8, 4) is 0 Å². The molecule has 5 nitrogen and oxygen atoms in total. The summed E-state index contributed by atoms with van der Waals surface area (Å²) in [5.41, 5.74) is 0. The highest BCUT2D eigenvalue weighted by molar-refractivity contribution is 7.98. The molecule has 0 radical (unpaired) electrons. The molecule has 0 spiro atoms. The molecular formula is C14H24N4OS2. The summed E-state index contributed by atoms with van der Waals surface area (Å²) in [6.07, 6.45) is 2.91. The van der Waals surface area contributed by atoms with Crippen LogP contribution in [0.5, 0.6) is 0 Å². The molecule has 0 unspecified atom stereocenters. The van der Waals surface area contributed by atoms with Crippen molar-refractivity contribution >= 4 is 35.0 Å². The Bertz CT molecular complexity index is 421. The monoisotopic (exact) mass is 328 g/mol. The molecule has 0 saturated heterocycles. The van der Waals surface area contributed by atoms with Crippen LogP contribution in [0.2, 0.25) is 0 Å². The minimum absolute atomic E-state index is 0.000943. The number of nitrogens with one attached hydrogen (secondary N) is 3. The van der Waals surface area contributed by atoms with Gasteiger partial charge in [0, 0.05) is 31.9 Å². The van der Waals surface area contributed by atoms with Gasteiger partial charge in [0.2, 0.25) is 0 Å². The lowest BCUT2D eigenvalue weighted by molar-refractivity contribution is 0.0957. The Labute approximate surface area is 135 Å². The van der Waals surface area contributed by atoms with Crippen molar-refractivity contribution in [2.24, 2.45) is 4.99 Å². The van der Waals surface area contributed by atoms with Gasteiger partial charge in [0.05, 0.1) is 4.88 Å². The van der Waals surface area contributed by atoms with Crippen LogP contribution in [0.15, 0.2) is 22.5 Å². The van der Waals surface area contributed by atoms with E-state index in [1.807, 2.05) is 24.4 Å². The zero-order chi connectivity index (χ0) is 15.3. The van der Waals surface area contributed by atoms with Crippen molar-refractivity contribution in [3.05, 3.63) is 22.4 Å². The third-order valence-electron chi connectivity index (χ3n) is 2.58. The quantitative estimate of drug-likeness (QED) is 0.367. The van der Waals surface area contributed by atoms with E-state index in [0.717, 1.165) is 36.1 Å². The Kier molecular flexibility index (Phi) is 9.73. The van der Waals surface area contributed by atoms with Crippen molar-refractivity contribution in [2.75, 3.05) is 38.2 Å². The molecule has 0 aliphatic rings. The molecule has 21 heavy (non-hydrogen) atoms. The summed E-state index contributed by atoms with van der Waals surface area (Å²) in [5, 5.41) is 11.3. The van der Waals surface area contributed by atoms with Gasteiger partial charge < -0.3 is 16.0 Å². The third-order valence-corrected chi connectivity index (χ3v) is 4.06. The van der Waals surface area contributed by atoms with E-state index in [9.17, 15) is 4.79 Å². The number of carbonyl (C=O) groups is 1. The van der Waals surface area contributed by atoms with Gasteiger partial charge >= 0.3 is 0 Å². The lowest BCUT2D eigenvalue weighted by atomic mass is 10.4. The standard InChI is InChI=1S/C14H24N4OS2/c1-3-15-14(18-9-11-20-2)17-8-5-7-16-13(19)12-6-4-10-21-12/h4,6,10H,3,5,7-9,11H2,1-2H3,(H,16,19)(H2,15,17,18). The van der Waals surface area contributed by atoms with Crippen LogP contribution in [0, 0.1) is 0 Å². The van der Waals surface area contributed by atoms with Gasteiger partial charge in [-0.15, -0.1) is 11.3 Å². The zero-order valence-corrected chi connectivity index (χ0v) is 14.3. The maximum Gasteiger partial charge on any atom is 0.261 e. The Morgan fingerprint density at radius 1 is 1.33 bits per heavy atom. The normalized spacial score (nSPS) is 11.2. The molecule has 0 aromatic carbocycles. The van der Waals surface area contributed by atoms with E-state index in [1.54, 1.807) is 11.8 Å². The summed E-state index contributed by atoms with van der Waals surface area (Å²) in [6.45, 7) is 5.14. The van der Waals surface area contributed by atoms with Gasteiger partial charge in [-0.2, -0.15) is 11.8 Å². The minimum atomic E-state index is -0.000943. The van der Waals surface area contributed by atoms with Crippen LogP contribution < -0.4 is 16.0 Å². The van der Waals surface area contributed by atoms with Crippen molar-refractivity contribution in [1.82, 2.24) is 16.0 Å². The van der Waals surface area contributed by atoms with Gasteiger partial charge in [0.1, 0.15) is 0 Å². The number of nitrogens with zero attached hydrogens (tertiary/aromatic N) is 1. The Hall–Kier alpha value is -1.21. The predicted molar refractivity (Wildman–Crippen MR) is 93.6 cm³/mol. The van der Waals surface area contributed by atoms with Gasteiger partial charge in [-0.3, -0.25) is 9.79 Å². The molecule has 1 aromatic heterocycles. The number of rotatable bonds is 9. The van der Waals surface area contributed by atoms with E-state index < -0.39 is 0 Å². The Balaban J connectivity index is 2.19. The maximum absolute atomic E-state index is 11.7. The minimum Gasteiger partial charge on any atom is -0.357 e. The number of carbonyl (C=O) groups excluding carboxylic acids is 1. The van der Waals surface area contributed by atoms with Gasteiger partial charge in [0.15, 0.2) is 5.96 Å². The van der Waals surface area contributed by atoms with E-state index in [4.69, 9.17) is 0 Å². The molecule has 1 aromatic rings. The van der Waals surface area contributed by atoms with E-state index in [1.165, 1.54) is 11.3 Å². The highest BCUT2D eigenvalue weighted by Gasteiger charge is 2.04. The van der Waals surface area contributed by atoms with E-state index >= 15 is 0 Å². The smallest absolute Gasteiger partial charge is 0.261 e. The fourth-order valence-electron chi connectivity index (χ4n) is 1.58. The number of thiophene rings is 1. The largest absolute Gasteiger partial charge is 0.357 e. The fourth-order valence-corrected chi connectivity index (χ4v) is 2.53. The Morgan fingerprint density at radius 2 is 2.19 bits per heavy atom. The molecular weight excluding hydrogens is 304 g/mol. The zero-order valence-electron chi connectivity index (χ0n) is 12.6. The average Bonchev–Trinajstić information content (AvgIpc) is 3.01. The first kappa shape index (κ1) is 17.8. The van der Waals surface area contributed by atoms with Crippen LogP contribution in [-0.2, 0) is 0 Å². The summed E-state index contributed by atoms with van der Waals surface area (Å²) < 4.78 is 0. The molecule has 0 saturated carbocycles. The molecule has 1 heterocycles. The second kappa shape index (κ2) is 11.4. The van der Waals surface area contributed by atoms with Crippen molar-refractivity contribution in [3.63, 3.8) is 0 Å². The van der Waals surface area contributed by atoms with Crippen LogP contribution in [0.25, 0.3) is 0 Å². The first-order valence-corrected chi connectivity index (χ1v) is 9.38. The summed E-state index contributed by atoms with van der Waals surface area (Å²) in [7, 11) is 0. The van der Waals surface area contributed by atoms with Crippen LogP contribution in [0.3, 0.4) is 0 Å². The molecule has 118 valence electrons. The molecule has 1 rings (SSSR count). The van der Waals surface area contributed by atoms with Crippen LogP contribution in [0.1, 0.15) is 23.0 Å². The van der Waals surface area contributed by atoms with Crippen LogP contribution in [-0.4, -0.2) is 50.1 Å². The number of hydrogen-bond donors (Lipinski definition) is 3. The van der Waals surface area contributed by atoms with Gasteiger partial charge in [-0.25, -0.2) is 0 Å². The number of thioether (sulfide) groups is 1. The molecule has 0 aliphatic carbocycles. The topological polar surface area (TPSA) is 65.5 Å². The first-order chi connectivity index (χ1) is 10.3. The van der Waals surface area contributed by atoms with E-state index in [2.05, 4.69) is 27.2 Å². The van der Waals surface area contributed by atoms with Crippen LogP contribution >= 0.6 is 23.1 Å². The van der Waals surface area contributed by atoms with Crippen LogP contribution in [0.4, 0.5) is 0 Å².